The average Bonchev–Trinajstić information content (AvgIpc) is 2.72. The molecule has 1 unspecified atom stereocenters. The third kappa shape index (κ3) is 4.60. The van der Waals surface area contributed by atoms with E-state index in [-0.39, 0.29) is 5.91 Å². The van der Waals surface area contributed by atoms with Gasteiger partial charge in [-0.05, 0) is 65.4 Å². The number of fused-ring (bicyclic) bond motifs is 1. The van der Waals surface area contributed by atoms with Crippen LogP contribution >= 0.6 is 0 Å². The van der Waals surface area contributed by atoms with Crippen LogP contribution in [0.2, 0.25) is 0 Å². The minimum atomic E-state index is -0.0219. The molecule has 1 atom stereocenters. The molecule has 1 aliphatic heterocycles. The summed E-state index contributed by atoms with van der Waals surface area (Å²) in [6.07, 6.45) is 2.63. The van der Waals surface area contributed by atoms with E-state index in [0.717, 1.165) is 23.6 Å². The minimum Gasteiger partial charge on any atom is -0.348 e. The number of carbonyl (C=O) groups excluding carboxylic acids is 1. The molecule has 3 nitrogen and oxygen atoms in total. The van der Waals surface area contributed by atoms with Gasteiger partial charge in [-0.1, -0.05) is 55.5 Å². The number of benzene rings is 3. The Morgan fingerprint density at radius 2 is 1.75 bits per heavy atom. The molecule has 1 aliphatic rings. The zero-order chi connectivity index (χ0) is 19.3. The SMILES string of the molecule is CC1CCCN(Cc2ccc(C(=O)NCc3ccc4ccccc4c3)cc2)C1. The molecule has 1 saturated heterocycles. The highest BCUT2D eigenvalue weighted by molar-refractivity contribution is 5.94. The number of likely N-dealkylation sites (tertiary alicyclic amines) is 1. The van der Waals surface area contributed by atoms with E-state index >= 15 is 0 Å². The Morgan fingerprint density at radius 3 is 2.54 bits per heavy atom. The van der Waals surface area contributed by atoms with Gasteiger partial charge in [0.05, 0.1) is 0 Å². The Labute approximate surface area is 167 Å². The Kier molecular flexibility index (Phi) is 5.73. The first-order valence-electron chi connectivity index (χ1n) is 10.2. The van der Waals surface area contributed by atoms with Crippen molar-refractivity contribution in [2.45, 2.75) is 32.9 Å². The van der Waals surface area contributed by atoms with Crippen molar-refractivity contribution in [2.75, 3.05) is 13.1 Å². The van der Waals surface area contributed by atoms with Gasteiger partial charge in [0.25, 0.3) is 5.91 Å². The number of hydrogen-bond donors (Lipinski definition) is 1. The van der Waals surface area contributed by atoms with E-state index in [1.807, 2.05) is 24.3 Å². The van der Waals surface area contributed by atoms with Crippen LogP contribution in [0, 0.1) is 5.92 Å². The van der Waals surface area contributed by atoms with Gasteiger partial charge in [-0.3, -0.25) is 9.69 Å². The molecular weight excluding hydrogens is 344 g/mol. The van der Waals surface area contributed by atoms with Crippen molar-refractivity contribution in [2.24, 2.45) is 5.92 Å². The fourth-order valence-corrected chi connectivity index (χ4v) is 4.08. The quantitative estimate of drug-likeness (QED) is 0.683. The van der Waals surface area contributed by atoms with Crippen LogP contribution in [0.5, 0.6) is 0 Å². The third-order valence-electron chi connectivity index (χ3n) is 5.63. The minimum absolute atomic E-state index is 0.0219. The first-order valence-corrected chi connectivity index (χ1v) is 10.2. The predicted octanol–water partition coefficient (Wildman–Crippen LogP) is 5.00. The zero-order valence-corrected chi connectivity index (χ0v) is 16.5. The van der Waals surface area contributed by atoms with Crippen molar-refractivity contribution in [3.63, 3.8) is 0 Å². The van der Waals surface area contributed by atoms with Crippen LogP contribution in [0.3, 0.4) is 0 Å². The van der Waals surface area contributed by atoms with E-state index in [4.69, 9.17) is 0 Å². The van der Waals surface area contributed by atoms with Crippen molar-refractivity contribution in [1.82, 2.24) is 10.2 Å². The first kappa shape index (κ1) is 18.7. The summed E-state index contributed by atoms with van der Waals surface area (Å²) in [6, 6.07) is 22.7. The van der Waals surface area contributed by atoms with Crippen LogP contribution in [-0.2, 0) is 13.1 Å². The van der Waals surface area contributed by atoms with Gasteiger partial charge in [-0.25, -0.2) is 0 Å². The van der Waals surface area contributed by atoms with E-state index in [9.17, 15) is 4.79 Å². The largest absolute Gasteiger partial charge is 0.348 e. The fourth-order valence-electron chi connectivity index (χ4n) is 4.08. The molecule has 0 spiro atoms. The molecule has 144 valence electrons. The number of rotatable bonds is 5. The summed E-state index contributed by atoms with van der Waals surface area (Å²) in [5, 5.41) is 5.46. The molecule has 3 aromatic carbocycles. The number of hydrogen-bond acceptors (Lipinski definition) is 2. The second-order valence-electron chi connectivity index (χ2n) is 8.04. The summed E-state index contributed by atoms with van der Waals surface area (Å²) in [5.74, 6) is 0.764. The molecule has 0 aromatic heterocycles. The Bertz CT molecular complexity index is 948. The second kappa shape index (κ2) is 8.57. The van der Waals surface area contributed by atoms with Gasteiger partial charge in [0, 0.05) is 25.2 Å². The second-order valence-corrected chi connectivity index (χ2v) is 8.04. The number of nitrogens with one attached hydrogen (secondary N) is 1. The topological polar surface area (TPSA) is 32.3 Å². The van der Waals surface area contributed by atoms with Crippen LogP contribution < -0.4 is 5.32 Å². The normalized spacial score (nSPS) is 17.5. The molecule has 0 radical (unpaired) electrons. The van der Waals surface area contributed by atoms with Gasteiger partial charge < -0.3 is 5.32 Å². The summed E-state index contributed by atoms with van der Waals surface area (Å²) in [5.41, 5.74) is 3.11. The van der Waals surface area contributed by atoms with Gasteiger partial charge in [0.2, 0.25) is 0 Å². The summed E-state index contributed by atoms with van der Waals surface area (Å²) in [7, 11) is 0. The maximum absolute atomic E-state index is 12.5. The average molecular weight is 373 g/mol. The summed E-state index contributed by atoms with van der Waals surface area (Å²) in [4.78, 5) is 15.0. The van der Waals surface area contributed by atoms with E-state index in [0.29, 0.717) is 6.54 Å². The van der Waals surface area contributed by atoms with E-state index in [2.05, 4.69) is 59.6 Å². The molecule has 1 fully saturated rings. The van der Waals surface area contributed by atoms with Gasteiger partial charge in [0.15, 0.2) is 0 Å². The Morgan fingerprint density at radius 1 is 1.00 bits per heavy atom. The van der Waals surface area contributed by atoms with Crippen molar-refractivity contribution < 1.29 is 4.79 Å². The van der Waals surface area contributed by atoms with Crippen LogP contribution in [0.1, 0.15) is 41.3 Å². The van der Waals surface area contributed by atoms with Gasteiger partial charge >= 0.3 is 0 Å². The van der Waals surface area contributed by atoms with Crippen LogP contribution in [0.25, 0.3) is 10.8 Å². The highest BCUT2D eigenvalue weighted by Gasteiger charge is 2.16. The van der Waals surface area contributed by atoms with E-state index in [1.165, 1.54) is 42.3 Å². The highest BCUT2D eigenvalue weighted by Crippen LogP contribution is 2.18. The van der Waals surface area contributed by atoms with Gasteiger partial charge in [0.1, 0.15) is 0 Å². The standard InChI is InChI=1S/C25H28N2O/c1-19-5-4-14-27(17-19)18-20-8-12-23(13-9-20)25(28)26-16-21-10-11-22-6-2-3-7-24(22)15-21/h2-3,6-13,15,19H,4-5,14,16-18H2,1H3,(H,26,28). The molecular formula is C25H28N2O. The lowest BCUT2D eigenvalue weighted by Gasteiger charge is -2.30. The Hall–Kier alpha value is -2.65. The van der Waals surface area contributed by atoms with E-state index in [1.54, 1.807) is 0 Å². The lowest BCUT2D eigenvalue weighted by atomic mass is 9.99. The number of piperidine rings is 1. The highest BCUT2D eigenvalue weighted by atomic mass is 16.1. The first-order chi connectivity index (χ1) is 13.7. The van der Waals surface area contributed by atoms with Crippen molar-refractivity contribution >= 4 is 16.7 Å². The molecule has 3 heteroatoms. The van der Waals surface area contributed by atoms with Crippen LogP contribution in [0.4, 0.5) is 0 Å². The molecule has 28 heavy (non-hydrogen) atoms. The summed E-state index contributed by atoms with van der Waals surface area (Å²) in [6.45, 7) is 6.20. The molecule has 0 saturated carbocycles. The van der Waals surface area contributed by atoms with Crippen molar-refractivity contribution in [1.29, 1.82) is 0 Å². The molecule has 3 aromatic rings. The maximum atomic E-state index is 12.5. The zero-order valence-electron chi connectivity index (χ0n) is 16.5. The lowest BCUT2D eigenvalue weighted by Crippen LogP contribution is -2.33. The summed E-state index contributed by atoms with van der Waals surface area (Å²) >= 11 is 0. The van der Waals surface area contributed by atoms with Gasteiger partial charge in [-0.15, -0.1) is 0 Å². The number of carbonyl (C=O) groups is 1. The predicted molar refractivity (Wildman–Crippen MR) is 115 cm³/mol. The van der Waals surface area contributed by atoms with Crippen LogP contribution in [0.15, 0.2) is 66.7 Å². The fraction of sp³-hybridized carbons (Fsp3) is 0.320. The molecule has 4 rings (SSSR count). The third-order valence-corrected chi connectivity index (χ3v) is 5.63. The molecule has 1 amide bonds. The number of amides is 1. The molecule has 1 heterocycles. The lowest BCUT2D eigenvalue weighted by molar-refractivity contribution is 0.0951. The van der Waals surface area contributed by atoms with Crippen molar-refractivity contribution in [3.05, 3.63) is 83.4 Å². The molecule has 1 N–H and O–H groups in total. The van der Waals surface area contributed by atoms with Gasteiger partial charge in [-0.2, -0.15) is 0 Å². The van der Waals surface area contributed by atoms with E-state index < -0.39 is 0 Å². The van der Waals surface area contributed by atoms with Crippen molar-refractivity contribution in [3.8, 4) is 0 Å². The molecule has 0 bridgehead atoms. The Balaban J connectivity index is 1.33. The van der Waals surface area contributed by atoms with Crippen LogP contribution in [-0.4, -0.2) is 23.9 Å². The maximum Gasteiger partial charge on any atom is 0.251 e. The smallest absolute Gasteiger partial charge is 0.251 e. The number of nitrogens with zero attached hydrogens (tertiary/aromatic N) is 1. The molecule has 0 aliphatic carbocycles. The monoisotopic (exact) mass is 372 g/mol. The summed E-state index contributed by atoms with van der Waals surface area (Å²) < 4.78 is 0.